The van der Waals surface area contributed by atoms with Gasteiger partial charge < -0.3 is 24.7 Å². The molecule has 0 aliphatic carbocycles. The molecule has 30 heavy (non-hydrogen) atoms. The number of nitrogens with one attached hydrogen (secondary N) is 1. The highest BCUT2D eigenvalue weighted by molar-refractivity contribution is 7.98. The van der Waals surface area contributed by atoms with Crippen LogP contribution in [-0.4, -0.2) is 43.4 Å². The van der Waals surface area contributed by atoms with Crippen LogP contribution in [0.1, 0.15) is 11.3 Å². The zero-order valence-electron chi connectivity index (χ0n) is 16.6. The average molecular weight is 426 g/mol. The number of hydrogen-bond donors (Lipinski definition) is 3. The van der Waals surface area contributed by atoms with Crippen molar-refractivity contribution in [3.05, 3.63) is 53.9 Å². The summed E-state index contributed by atoms with van der Waals surface area (Å²) in [6.45, 7) is 2.60. The standard InChI is InChI=1S/C21H22N4O4S/c1-13-17(12-30-21-23-15-4-3-14(28-2)11-16(15)24-21)22-8-7-18(13)29-10-9-25-19(26)5-6-20(25)27/h3-8,11,26-27H,9-10,12H2,1-2H3,(H,23,24). The fourth-order valence-electron chi connectivity index (χ4n) is 3.08. The van der Waals surface area contributed by atoms with Crippen LogP contribution in [0.2, 0.25) is 0 Å². The van der Waals surface area contributed by atoms with Crippen molar-refractivity contribution < 1.29 is 19.7 Å². The molecule has 1 aromatic carbocycles. The lowest BCUT2D eigenvalue weighted by Crippen LogP contribution is -2.09. The molecule has 0 fully saturated rings. The van der Waals surface area contributed by atoms with Crippen molar-refractivity contribution in [1.82, 2.24) is 19.5 Å². The van der Waals surface area contributed by atoms with Crippen molar-refractivity contribution in [2.24, 2.45) is 0 Å². The van der Waals surface area contributed by atoms with Gasteiger partial charge in [0.2, 0.25) is 0 Å². The van der Waals surface area contributed by atoms with Gasteiger partial charge in [-0.1, -0.05) is 11.8 Å². The number of pyridine rings is 1. The maximum Gasteiger partial charge on any atom is 0.193 e. The number of nitrogens with zero attached hydrogens (tertiary/aromatic N) is 3. The van der Waals surface area contributed by atoms with E-state index < -0.39 is 0 Å². The third kappa shape index (κ3) is 4.16. The molecule has 0 atom stereocenters. The summed E-state index contributed by atoms with van der Waals surface area (Å²) in [6.07, 6.45) is 1.71. The van der Waals surface area contributed by atoms with Gasteiger partial charge in [0, 0.05) is 35.7 Å². The van der Waals surface area contributed by atoms with E-state index in [1.54, 1.807) is 25.1 Å². The van der Waals surface area contributed by atoms with Crippen LogP contribution in [0.5, 0.6) is 23.3 Å². The van der Waals surface area contributed by atoms with Crippen molar-refractivity contribution in [2.75, 3.05) is 13.7 Å². The van der Waals surface area contributed by atoms with Gasteiger partial charge in [0.05, 0.1) is 30.4 Å². The molecule has 4 aromatic rings. The minimum atomic E-state index is 0.00286. The van der Waals surface area contributed by atoms with E-state index in [1.807, 2.05) is 31.2 Å². The van der Waals surface area contributed by atoms with E-state index in [0.29, 0.717) is 18.9 Å². The molecule has 0 spiro atoms. The van der Waals surface area contributed by atoms with E-state index in [-0.39, 0.29) is 11.8 Å². The van der Waals surface area contributed by atoms with E-state index in [9.17, 15) is 10.2 Å². The highest BCUT2D eigenvalue weighted by Crippen LogP contribution is 2.28. The maximum absolute atomic E-state index is 9.71. The fourth-order valence-corrected chi connectivity index (χ4v) is 3.99. The zero-order chi connectivity index (χ0) is 21.1. The highest BCUT2D eigenvalue weighted by atomic mass is 32.2. The van der Waals surface area contributed by atoms with E-state index in [0.717, 1.165) is 38.9 Å². The van der Waals surface area contributed by atoms with Crippen LogP contribution >= 0.6 is 11.8 Å². The van der Waals surface area contributed by atoms with Crippen LogP contribution in [0.4, 0.5) is 0 Å². The monoisotopic (exact) mass is 426 g/mol. The zero-order valence-corrected chi connectivity index (χ0v) is 17.4. The molecule has 0 aliphatic heterocycles. The van der Waals surface area contributed by atoms with Crippen LogP contribution in [-0.2, 0) is 12.3 Å². The Morgan fingerprint density at radius 2 is 1.93 bits per heavy atom. The number of hydrogen-bond acceptors (Lipinski definition) is 7. The third-order valence-corrected chi connectivity index (χ3v) is 5.66. The number of aromatic hydroxyl groups is 2. The Morgan fingerprint density at radius 3 is 2.70 bits per heavy atom. The van der Waals surface area contributed by atoms with Crippen LogP contribution in [0.15, 0.2) is 47.8 Å². The van der Waals surface area contributed by atoms with Crippen molar-refractivity contribution in [3.63, 3.8) is 0 Å². The lowest BCUT2D eigenvalue weighted by atomic mass is 10.2. The summed E-state index contributed by atoms with van der Waals surface area (Å²) < 4.78 is 12.5. The summed E-state index contributed by atoms with van der Waals surface area (Å²) in [6, 6.07) is 10.4. The van der Waals surface area contributed by atoms with Gasteiger partial charge in [0.15, 0.2) is 16.9 Å². The van der Waals surface area contributed by atoms with Crippen molar-refractivity contribution in [1.29, 1.82) is 0 Å². The number of methoxy groups -OCH3 is 1. The van der Waals surface area contributed by atoms with Gasteiger partial charge in [-0.05, 0) is 25.1 Å². The molecular weight excluding hydrogens is 404 g/mol. The summed E-state index contributed by atoms with van der Waals surface area (Å²) in [5.41, 5.74) is 3.66. The summed E-state index contributed by atoms with van der Waals surface area (Å²) in [7, 11) is 1.64. The first kappa shape index (κ1) is 20.0. The second-order valence-electron chi connectivity index (χ2n) is 6.64. The summed E-state index contributed by atoms with van der Waals surface area (Å²) in [5.74, 6) is 2.15. The molecule has 0 saturated carbocycles. The minimum absolute atomic E-state index is 0.00286. The molecule has 0 amide bonds. The summed E-state index contributed by atoms with van der Waals surface area (Å²) in [4.78, 5) is 12.4. The Labute approximate surface area is 177 Å². The Balaban J connectivity index is 1.40. The number of thioether (sulfide) groups is 1. The summed E-state index contributed by atoms with van der Waals surface area (Å²) >= 11 is 1.57. The molecular formula is C21H22N4O4S. The molecule has 156 valence electrons. The van der Waals surface area contributed by atoms with Gasteiger partial charge in [-0.3, -0.25) is 9.55 Å². The number of aromatic nitrogens is 4. The number of H-pyrrole nitrogens is 1. The Morgan fingerprint density at radius 1 is 1.13 bits per heavy atom. The molecule has 0 saturated heterocycles. The maximum atomic E-state index is 9.71. The van der Waals surface area contributed by atoms with Gasteiger partial charge in [-0.15, -0.1) is 0 Å². The highest BCUT2D eigenvalue weighted by Gasteiger charge is 2.11. The minimum Gasteiger partial charge on any atom is -0.497 e. The number of benzene rings is 1. The summed E-state index contributed by atoms with van der Waals surface area (Å²) in [5, 5.41) is 20.2. The first-order valence-electron chi connectivity index (χ1n) is 9.36. The lowest BCUT2D eigenvalue weighted by molar-refractivity contribution is 0.273. The Bertz CT molecular complexity index is 1150. The van der Waals surface area contributed by atoms with Crippen LogP contribution < -0.4 is 9.47 Å². The second kappa shape index (κ2) is 8.58. The second-order valence-corrected chi connectivity index (χ2v) is 7.61. The van der Waals surface area contributed by atoms with Crippen molar-refractivity contribution >= 4 is 22.8 Å². The largest absolute Gasteiger partial charge is 0.497 e. The topological polar surface area (TPSA) is 105 Å². The Hall–Kier alpha value is -3.33. The molecule has 8 nitrogen and oxygen atoms in total. The molecule has 0 aliphatic rings. The molecule has 3 N–H and O–H groups in total. The smallest absolute Gasteiger partial charge is 0.193 e. The molecule has 4 rings (SSSR count). The van der Waals surface area contributed by atoms with E-state index in [2.05, 4.69) is 15.0 Å². The van der Waals surface area contributed by atoms with E-state index >= 15 is 0 Å². The van der Waals surface area contributed by atoms with Gasteiger partial charge in [-0.2, -0.15) is 0 Å². The Kier molecular flexibility index (Phi) is 5.71. The van der Waals surface area contributed by atoms with Crippen molar-refractivity contribution in [2.45, 2.75) is 24.4 Å². The molecule has 0 unspecified atom stereocenters. The predicted molar refractivity (Wildman–Crippen MR) is 114 cm³/mol. The van der Waals surface area contributed by atoms with E-state index in [1.165, 1.54) is 16.7 Å². The normalized spacial score (nSPS) is 11.1. The van der Waals surface area contributed by atoms with Gasteiger partial charge >= 0.3 is 0 Å². The number of rotatable bonds is 8. The van der Waals surface area contributed by atoms with Crippen LogP contribution in [0, 0.1) is 6.92 Å². The van der Waals surface area contributed by atoms with E-state index in [4.69, 9.17) is 9.47 Å². The van der Waals surface area contributed by atoms with Crippen LogP contribution in [0.25, 0.3) is 11.0 Å². The van der Waals surface area contributed by atoms with Crippen LogP contribution in [0.3, 0.4) is 0 Å². The van der Waals surface area contributed by atoms with Gasteiger partial charge in [0.25, 0.3) is 0 Å². The number of fused-ring (bicyclic) bond motifs is 1. The molecule has 0 radical (unpaired) electrons. The molecule has 3 aromatic heterocycles. The third-order valence-electron chi connectivity index (χ3n) is 4.78. The molecule has 0 bridgehead atoms. The molecule has 3 heterocycles. The van der Waals surface area contributed by atoms with Gasteiger partial charge in [0.1, 0.15) is 18.1 Å². The van der Waals surface area contributed by atoms with Gasteiger partial charge in [-0.25, -0.2) is 4.98 Å². The average Bonchev–Trinajstić information content (AvgIpc) is 3.30. The number of imidazole rings is 1. The molecule has 9 heteroatoms. The first-order chi connectivity index (χ1) is 14.5. The lowest BCUT2D eigenvalue weighted by Gasteiger charge is -2.13. The van der Waals surface area contributed by atoms with Crippen molar-refractivity contribution in [3.8, 4) is 23.3 Å². The quantitative estimate of drug-likeness (QED) is 0.367. The number of aromatic amines is 1. The number of ether oxygens (including phenoxy) is 2. The predicted octanol–water partition coefficient (Wildman–Crippen LogP) is 3.86. The SMILES string of the molecule is COc1ccc2nc(SCc3nccc(OCCn4c(O)ccc4O)c3C)[nH]c2c1. The first-order valence-corrected chi connectivity index (χ1v) is 10.3. The fraction of sp³-hybridized carbons (Fsp3) is 0.238.